The lowest BCUT2D eigenvalue weighted by molar-refractivity contribution is -0.122. The number of aromatic hydroxyl groups is 1. The molecule has 1 saturated heterocycles. The Hall–Kier alpha value is -1.59. The zero-order chi connectivity index (χ0) is 13.3. The van der Waals surface area contributed by atoms with Crippen LogP contribution in [-0.4, -0.2) is 27.6 Å². The van der Waals surface area contributed by atoms with E-state index in [2.05, 4.69) is 5.32 Å². The van der Waals surface area contributed by atoms with E-state index in [0.29, 0.717) is 27.9 Å². The molecule has 0 aliphatic carbocycles. The Labute approximate surface area is 115 Å². The molecule has 4 nitrogen and oxygen atoms in total. The van der Waals surface area contributed by atoms with E-state index in [1.807, 2.05) is 6.92 Å². The molecule has 0 aromatic heterocycles. The van der Waals surface area contributed by atoms with Crippen LogP contribution in [0, 0.1) is 0 Å². The summed E-state index contributed by atoms with van der Waals surface area (Å²) in [6, 6.07) is 4.63. The number of amides is 1. The molecular formula is C12H11ClN2O2S. The molecule has 1 aromatic rings. The third kappa shape index (κ3) is 2.32. The van der Waals surface area contributed by atoms with E-state index in [9.17, 15) is 9.90 Å². The van der Waals surface area contributed by atoms with Crippen molar-refractivity contribution in [1.29, 1.82) is 0 Å². The molecule has 0 radical (unpaired) electrons. The second-order valence-corrected chi connectivity index (χ2v) is 4.56. The molecule has 2 N–H and O–H groups in total. The monoisotopic (exact) mass is 282 g/mol. The molecule has 0 spiro atoms. The molecule has 0 bridgehead atoms. The van der Waals surface area contributed by atoms with E-state index in [1.165, 1.54) is 17.0 Å². The van der Waals surface area contributed by atoms with Crippen LogP contribution in [0.15, 0.2) is 23.9 Å². The Morgan fingerprint density at radius 1 is 1.56 bits per heavy atom. The van der Waals surface area contributed by atoms with Gasteiger partial charge < -0.3 is 10.4 Å². The highest BCUT2D eigenvalue weighted by atomic mass is 35.5. The minimum Gasteiger partial charge on any atom is -0.507 e. The van der Waals surface area contributed by atoms with E-state index in [1.54, 1.807) is 12.1 Å². The zero-order valence-corrected chi connectivity index (χ0v) is 11.2. The van der Waals surface area contributed by atoms with Gasteiger partial charge in [0.1, 0.15) is 11.4 Å². The summed E-state index contributed by atoms with van der Waals surface area (Å²) in [5, 5.41) is 13.4. The largest absolute Gasteiger partial charge is 0.507 e. The summed E-state index contributed by atoms with van der Waals surface area (Å²) in [6.45, 7) is 2.34. The van der Waals surface area contributed by atoms with Gasteiger partial charge in [0.05, 0.1) is 0 Å². The number of benzene rings is 1. The molecule has 0 saturated carbocycles. The van der Waals surface area contributed by atoms with Gasteiger partial charge in [0.2, 0.25) is 0 Å². The van der Waals surface area contributed by atoms with E-state index >= 15 is 0 Å². The van der Waals surface area contributed by atoms with Crippen LogP contribution < -0.4 is 5.32 Å². The number of carbonyl (C=O) groups excluding carboxylic acids is 1. The number of rotatable bonds is 2. The van der Waals surface area contributed by atoms with Gasteiger partial charge in [-0.3, -0.25) is 9.69 Å². The van der Waals surface area contributed by atoms with Crippen molar-refractivity contribution in [3.63, 3.8) is 0 Å². The van der Waals surface area contributed by atoms with Crippen LogP contribution in [0.5, 0.6) is 5.75 Å². The first-order valence-corrected chi connectivity index (χ1v) is 6.14. The number of phenolic OH excluding ortho intramolecular Hbond substituents is 1. The second-order valence-electron chi connectivity index (χ2n) is 3.74. The molecule has 6 heteroatoms. The average molecular weight is 283 g/mol. The molecule has 94 valence electrons. The van der Waals surface area contributed by atoms with Crippen LogP contribution in [0.3, 0.4) is 0 Å². The summed E-state index contributed by atoms with van der Waals surface area (Å²) in [5.74, 6) is -0.149. The highest BCUT2D eigenvalue weighted by Crippen LogP contribution is 2.24. The maximum Gasteiger partial charge on any atom is 0.276 e. The van der Waals surface area contributed by atoms with Gasteiger partial charge in [0.15, 0.2) is 5.11 Å². The average Bonchev–Trinajstić information content (AvgIpc) is 2.59. The van der Waals surface area contributed by atoms with Crippen molar-refractivity contribution in [1.82, 2.24) is 10.2 Å². The van der Waals surface area contributed by atoms with Gasteiger partial charge in [-0.15, -0.1) is 0 Å². The van der Waals surface area contributed by atoms with Gasteiger partial charge in [-0.25, -0.2) is 0 Å². The fourth-order valence-electron chi connectivity index (χ4n) is 1.66. The van der Waals surface area contributed by atoms with Crippen LogP contribution in [0.2, 0.25) is 5.02 Å². The number of nitrogens with one attached hydrogen (secondary N) is 1. The fourth-order valence-corrected chi connectivity index (χ4v) is 2.16. The van der Waals surface area contributed by atoms with Crippen molar-refractivity contribution < 1.29 is 9.90 Å². The lowest BCUT2D eigenvalue weighted by atomic mass is 10.1. The maximum absolute atomic E-state index is 11.9. The molecule has 1 amide bonds. The van der Waals surface area contributed by atoms with Gasteiger partial charge in [-0.05, 0) is 43.4 Å². The minimum atomic E-state index is -0.207. The second kappa shape index (κ2) is 4.96. The van der Waals surface area contributed by atoms with E-state index in [4.69, 9.17) is 23.8 Å². The number of carbonyl (C=O) groups is 1. The summed E-state index contributed by atoms with van der Waals surface area (Å²) in [7, 11) is 0. The van der Waals surface area contributed by atoms with Crippen molar-refractivity contribution in [2.75, 3.05) is 6.54 Å². The predicted octanol–water partition coefficient (Wildman–Crippen LogP) is 2.12. The Morgan fingerprint density at radius 3 is 2.89 bits per heavy atom. The molecule has 0 atom stereocenters. The van der Waals surface area contributed by atoms with Gasteiger partial charge in [-0.1, -0.05) is 11.6 Å². The number of nitrogens with zero attached hydrogens (tertiary/aromatic N) is 1. The molecule has 18 heavy (non-hydrogen) atoms. The SMILES string of the molecule is CCN1C(=O)/C(=C/c2cc(Cl)ccc2O)NC1=S. The quantitative estimate of drug-likeness (QED) is 0.644. The minimum absolute atomic E-state index is 0.0577. The van der Waals surface area contributed by atoms with Gasteiger partial charge in [0, 0.05) is 17.1 Å². The number of thiocarbonyl (C=S) groups is 1. The van der Waals surface area contributed by atoms with Gasteiger partial charge in [0.25, 0.3) is 5.91 Å². The molecule has 1 aromatic carbocycles. The highest BCUT2D eigenvalue weighted by Gasteiger charge is 2.29. The first-order chi connectivity index (χ1) is 8.52. The Bertz CT molecular complexity index is 557. The third-order valence-corrected chi connectivity index (χ3v) is 3.13. The molecule has 1 fully saturated rings. The molecule has 1 aliphatic rings. The number of phenols is 1. The van der Waals surface area contributed by atoms with Crippen LogP contribution in [-0.2, 0) is 4.79 Å². The normalized spacial score (nSPS) is 17.4. The smallest absolute Gasteiger partial charge is 0.276 e. The highest BCUT2D eigenvalue weighted by molar-refractivity contribution is 7.80. The summed E-state index contributed by atoms with van der Waals surface area (Å²) in [5.41, 5.74) is 0.804. The number of hydrogen-bond acceptors (Lipinski definition) is 3. The van der Waals surface area contributed by atoms with Crippen molar-refractivity contribution in [2.24, 2.45) is 0 Å². The van der Waals surface area contributed by atoms with Crippen LogP contribution in [0.1, 0.15) is 12.5 Å². The Balaban J connectivity index is 2.38. The Kier molecular flexibility index (Phi) is 3.54. The zero-order valence-electron chi connectivity index (χ0n) is 9.61. The summed E-state index contributed by atoms with van der Waals surface area (Å²) in [6.07, 6.45) is 1.53. The topological polar surface area (TPSA) is 52.6 Å². The molecule has 2 rings (SSSR count). The fraction of sp³-hybridized carbons (Fsp3) is 0.167. The number of hydrogen-bond donors (Lipinski definition) is 2. The lowest BCUT2D eigenvalue weighted by Gasteiger charge is -2.08. The van der Waals surface area contributed by atoms with E-state index < -0.39 is 0 Å². The number of halogens is 1. The molecular weight excluding hydrogens is 272 g/mol. The van der Waals surface area contributed by atoms with Crippen LogP contribution in [0.25, 0.3) is 6.08 Å². The standard InChI is InChI=1S/C12H11ClN2O2S/c1-2-15-11(17)9(14-12(15)18)6-7-5-8(13)3-4-10(7)16/h3-6,16H,2H2,1H3,(H,14,18)/b9-6-. The van der Waals surface area contributed by atoms with Crippen molar-refractivity contribution in [3.05, 3.63) is 34.5 Å². The Morgan fingerprint density at radius 2 is 2.28 bits per heavy atom. The van der Waals surface area contributed by atoms with Crippen LogP contribution in [0.4, 0.5) is 0 Å². The lowest BCUT2D eigenvalue weighted by Crippen LogP contribution is -2.30. The summed E-state index contributed by atoms with van der Waals surface area (Å²) < 4.78 is 0. The predicted molar refractivity (Wildman–Crippen MR) is 74.2 cm³/mol. The summed E-state index contributed by atoms with van der Waals surface area (Å²) >= 11 is 10.9. The van der Waals surface area contributed by atoms with Crippen LogP contribution >= 0.6 is 23.8 Å². The van der Waals surface area contributed by atoms with Gasteiger partial charge >= 0.3 is 0 Å². The van der Waals surface area contributed by atoms with E-state index in [-0.39, 0.29) is 11.7 Å². The summed E-state index contributed by atoms with van der Waals surface area (Å²) in [4.78, 5) is 13.4. The molecule has 0 unspecified atom stereocenters. The van der Waals surface area contributed by atoms with Gasteiger partial charge in [-0.2, -0.15) is 0 Å². The first-order valence-electron chi connectivity index (χ1n) is 5.36. The number of likely N-dealkylation sites (N-methyl/N-ethyl adjacent to an activating group) is 1. The molecule has 1 aliphatic heterocycles. The van der Waals surface area contributed by atoms with E-state index in [0.717, 1.165) is 0 Å². The van der Waals surface area contributed by atoms with Crippen molar-refractivity contribution in [2.45, 2.75) is 6.92 Å². The molecule has 1 heterocycles. The first kappa shape index (κ1) is 12.9. The third-order valence-electron chi connectivity index (χ3n) is 2.57. The van der Waals surface area contributed by atoms with Crippen molar-refractivity contribution >= 4 is 40.9 Å². The maximum atomic E-state index is 11.9. The van der Waals surface area contributed by atoms with Crippen molar-refractivity contribution in [3.8, 4) is 5.75 Å².